The maximum absolute atomic E-state index is 10.2. The van der Waals surface area contributed by atoms with Crippen molar-refractivity contribution in [2.45, 2.75) is 12.8 Å². The van der Waals surface area contributed by atoms with Gasteiger partial charge in [0.15, 0.2) is 0 Å². The molecule has 7 heteroatoms. The Kier molecular flexibility index (Phi) is 7.89. The number of aliphatic carboxylic acids is 3. The number of hydrogen-bond acceptors (Lipinski definition) is 3. The summed E-state index contributed by atoms with van der Waals surface area (Å²) in [6, 6.07) is 0. The van der Waals surface area contributed by atoms with Gasteiger partial charge in [-0.3, -0.25) is 14.4 Å². The van der Waals surface area contributed by atoms with Crippen LogP contribution in [0.3, 0.4) is 0 Å². The van der Waals surface area contributed by atoms with Crippen molar-refractivity contribution in [1.82, 2.24) is 0 Å². The Labute approximate surface area is 95.8 Å². The molecule has 0 atom stereocenters. The molecule has 13 heavy (non-hydrogen) atoms. The second-order valence-corrected chi connectivity index (χ2v) is 2.23. The molecular weight excluding hydrogens is 191 g/mol. The van der Waals surface area contributed by atoms with Gasteiger partial charge in [-0.15, -0.1) is 0 Å². The van der Waals surface area contributed by atoms with Crippen LogP contribution in [0.25, 0.3) is 0 Å². The predicted molar refractivity (Wildman–Crippen MR) is 42.8 cm³/mol. The summed E-state index contributed by atoms with van der Waals surface area (Å²) in [5.41, 5.74) is 0. The number of rotatable bonds is 5. The Morgan fingerprint density at radius 1 is 0.923 bits per heavy atom. The zero-order chi connectivity index (χ0) is 9.72. The van der Waals surface area contributed by atoms with Gasteiger partial charge >= 0.3 is 47.5 Å². The van der Waals surface area contributed by atoms with Crippen LogP contribution in [-0.2, 0) is 14.4 Å². The fourth-order valence-corrected chi connectivity index (χ4v) is 0.668. The molecule has 0 amide bonds. The Bertz CT molecular complexity index is 197. The Balaban J connectivity index is 0. The average molecular weight is 200 g/mol. The first-order valence-corrected chi connectivity index (χ1v) is 3.10. The summed E-state index contributed by atoms with van der Waals surface area (Å²) in [4.78, 5) is 30.3. The van der Waals surface area contributed by atoms with E-state index in [4.69, 9.17) is 15.3 Å². The van der Waals surface area contributed by atoms with Gasteiger partial charge in [0.2, 0.25) is 0 Å². The molecule has 0 spiro atoms. The molecule has 0 aliphatic heterocycles. The van der Waals surface area contributed by atoms with Crippen molar-refractivity contribution in [3.63, 3.8) is 0 Å². The summed E-state index contributed by atoms with van der Waals surface area (Å²) >= 11 is 0. The summed E-state index contributed by atoms with van der Waals surface area (Å²) in [5.74, 6) is -5.38. The normalized spacial score (nSPS) is 9.00. The van der Waals surface area contributed by atoms with Gasteiger partial charge in [-0.2, -0.15) is 0 Å². The van der Waals surface area contributed by atoms with Gasteiger partial charge in [-0.25, -0.2) is 0 Å². The first kappa shape index (κ1) is 14.9. The zero-order valence-corrected chi connectivity index (χ0v) is 6.06. The van der Waals surface area contributed by atoms with Gasteiger partial charge in [-0.1, -0.05) is 0 Å². The maximum atomic E-state index is 10.2. The molecule has 0 aromatic heterocycles. The Morgan fingerprint density at radius 2 is 1.23 bits per heavy atom. The van der Waals surface area contributed by atoms with Crippen LogP contribution in [0.1, 0.15) is 12.8 Å². The molecule has 0 saturated heterocycles. The first-order chi connectivity index (χ1) is 5.43. The van der Waals surface area contributed by atoms with E-state index in [0.717, 1.165) is 0 Å². The molecule has 0 bridgehead atoms. The van der Waals surface area contributed by atoms with Gasteiger partial charge in [-0.05, 0) is 0 Å². The van der Waals surface area contributed by atoms with Crippen molar-refractivity contribution in [3.8, 4) is 0 Å². The molecule has 0 aromatic rings. The summed E-state index contributed by atoms with van der Waals surface area (Å²) in [7, 11) is 0. The number of carbonyl (C=O) groups is 3. The second-order valence-electron chi connectivity index (χ2n) is 2.23. The molecule has 3 N–H and O–H groups in total. The van der Waals surface area contributed by atoms with Crippen LogP contribution in [0, 0.1) is 5.92 Å². The van der Waals surface area contributed by atoms with Crippen molar-refractivity contribution < 1.29 is 29.7 Å². The summed E-state index contributed by atoms with van der Waals surface area (Å²) in [6.07, 6.45) is -1.33. The van der Waals surface area contributed by atoms with Crippen molar-refractivity contribution in [2.75, 3.05) is 0 Å². The summed E-state index contributed by atoms with van der Waals surface area (Å²) in [6.45, 7) is 0. The van der Waals surface area contributed by atoms with Gasteiger partial charge in [0, 0.05) is 0 Å². The van der Waals surface area contributed by atoms with E-state index in [1.165, 1.54) is 0 Å². The van der Waals surface area contributed by atoms with Crippen LogP contribution in [-0.4, -0.2) is 62.8 Å². The molecular formula is C6H9NaO6. The van der Waals surface area contributed by atoms with Gasteiger partial charge in [0.05, 0.1) is 18.8 Å². The first-order valence-electron chi connectivity index (χ1n) is 3.10. The molecule has 0 heterocycles. The number of carboxylic acids is 3. The SMILES string of the molecule is O=C(O)CC(CC(=O)O)C(=O)O.[NaH]. The molecule has 6 nitrogen and oxygen atoms in total. The molecule has 0 aliphatic carbocycles. The molecule has 0 fully saturated rings. The fraction of sp³-hybridized carbons (Fsp3) is 0.500. The van der Waals surface area contributed by atoms with Gasteiger partial charge in [0.1, 0.15) is 0 Å². The third kappa shape index (κ3) is 7.76. The molecule has 0 rings (SSSR count). The van der Waals surface area contributed by atoms with Crippen molar-refractivity contribution in [3.05, 3.63) is 0 Å². The monoisotopic (exact) mass is 200 g/mol. The third-order valence-electron chi connectivity index (χ3n) is 1.19. The summed E-state index contributed by atoms with van der Waals surface area (Å²) in [5, 5.41) is 24.7. The molecule has 0 aromatic carbocycles. The van der Waals surface area contributed by atoms with E-state index in [-0.39, 0.29) is 29.6 Å². The van der Waals surface area contributed by atoms with Crippen LogP contribution in [0.15, 0.2) is 0 Å². The molecule has 0 saturated carbocycles. The van der Waals surface area contributed by atoms with Crippen LogP contribution in [0.5, 0.6) is 0 Å². The number of hydrogen-bond donors (Lipinski definition) is 3. The van der Waals surface area contributed by atoms with E-state index >= 15 is 0 Å². The minimum atomic E-state index is -1.40. The van der Waals surface area contributed by atoms with Crippen LogP contribution < -0.4 is 0 Å². The van der Waals surface area contributed by atoms with E-state index in [2.05, 4.69) is 0 Å². The van der Waals surface area contributed by atoms with Crippen LogP contribution >= 0.6 is 0 Å². The Morgan fingerprint density at radius 3 is 1.38 bits per heavy atom. The van der Waals surface area contributed by atoms with Crippen molar-refractivity contribution in [2.24, 2.45) is 5.92 Å². The average Bonchev–Trinajstić information content (AvgIpc) is 1.83. The standard InChI is InChI=1S/C6H8O6.Na.H/c7-4(8)1-3(6(11)12)2-5(9)10;;/h3H,1-2H2,(H,7,8)(H,9,10)(H,11,12);;. The topological polar surface area (TPSA) is 112 Å². The van der Waals surface area contributed by atoms with Crippen LogP contribution in [0.4, 0.5) is 0 Å². The van der Waals surface area contributed by atoms with E-state index < -0.39 is 36.7 Å². The van der Waals surface area contributed by atoms with Crippen molar-refractivity contribution >= 4 is 47.5 Å². The number of carboxylic acid groups (broad SMARTS) is 3. The van der Waals surface area contributed by atoms with E-state index in [9.17, 15) is 14.4 Å². The van der Waals surface area contributed by atoms with E-state index in [1.54, 1.807) is 0 Å². The quantitative estimate of drug-likeness (QED) is 0.490. The van der Waals surface area contributed by atoms with E-state index in [1.807, 2.05) is 0 Å². The molecule has 0 unspecified atom stereocenters. The predicted octanol–water partition coefficient (Wildman–Crippen LogP) is -1.01. The van der Waals surface area contributed by atoms with Crippen molar-refractivity contribution in [1.29, 1.82) is 0 Å². The van der Waals surface area contributed by atoms with Gasteiger partial charge in [0.25, 0.3) is 0 Å². The fourth-order valence-electron chi connectivity index (χ4n) is 0.668. The summed E-state index contributed by atoms with van der Waals surface area (Å²) < 4.78 is 0. The molecule has 70 valence electrons. The van der Waals surface area contributed by atoms with Crippen LogP contribution in [0.2, 0.25) is 0 Å². The zero-order valence-electron chi connectivity index (χ0n) is 6.06. The molecule has 0 radical (unpaired) electrons. The van der Waals surface area contributed by atoms with Gasteiger partial charge < -0.3 is 15.3 Å². The van der Waals surface area contributed by atoms with E-state index in [0.29, 0.717) is 0 Å². The molecule has 0 aliphatic rings. The Hall–Kier alpha value is -0.590. The second kappa shape index (κ2) is 6.88. The third-order valence-corrected chi connectivity index (χ3v) is 1.19. The minimum absolute atomic E-state index is 0.